The third-order valence-electron chi connectivity index (χ3n) is 4.84. The van der Waals surface area contributed by atoms with Crippen LogP contribution in [0, 0.1) is 29.6 Å². The van der Waals surface area contributed by atoms with Gasteiger partial charge in [0, 0.05) is 5.56 Å². The van der Waals surface area contributed by atoms with Gasteiger partial charge in [-0.2, -0.15) is 10.5 Å². The topological polar surface area (TPSA) is 105 Å². The third kappa shape index (κ3) is 3.35. The minimum atomic E-state index is 0.135. The Kier molecular flexibility index (Phi) is 5.63. The molecule has 29 heavy (non-hydrogen) atoms. The van der Waals surface area contributed by atoms with Crippen LogP contribution in [0.15, 0.2) is 22.2 Å². The van der Waals surface area contributed by atoms with Gasteiger partial charge in [-0.15, -0.1) is 0 Å². The minimum absolute atomic E-state index is 0.135. The summed E-state index contributed by atoms with van der Waals surface area (Å²) in [5.74, 6) is 1.36. The van der Waals surface area contributed by atoms with Gasteiger partial charge in [0.05, 0.1) is 35.0 Å². The van der Waals surface area contributed by atoms with Crippen molar-refractivity contribution in [1.82, 2.24) is 4.98 Å². The number of nitriles is 2. The predicted molar refractivity (Wildman–Crippen MR) is 116 cm³/mol. The van der Waals surface area contributed by atoms with E-state index in [4.69, 9.17) is 15.2 Å². The second kappa shape index (κ2) is 7.98. The Morgan fingerprint density at radius 1 is 1.24 bits per heavy atom. The Morgan fingerprint density at radius 3 is 2.55 bits per heavy atom. The molecule has 0 amide bonds. The molecule has 1 aromatic carbocycles. The van der Waals surface area contributed by atoms with Crippen LogP contribution >= 0.6 is 15.9 Å². The number of benzene rings is 1. The summed E-state index contributed by atoms with van der Waals surface area (Å²) in [5, 5.41) is 19.1. The van der Waals surface area contributed by atoms with E-state index in [1.807, 2.05) is 39.0 Å². The molecule has 0 atom stereocenters. The third-order valence-corrected chi connectivity index (χ3v) is 5.42. The maximum atomic E-state index is 9.67. The summed E-state index contributed by atoms with van der Waals surface area (Å²) in [6, 6.07) is 8.12. The first kappa shape index (κ1) is 20.4. The maximum absolute atomic E-state index is 9.67. The first-order valence-electron chi connectivity index (χ1n) is 8.92. The number of nitrogen functional groups attached to an aromatic ring is 1. The summed E-state index contributed by atoms with van der Waals surface area (Å²) in [6.45, 7) is 6.11. The van der Waals surface area contributed by atoms with Crippen LogP contribution in [0.25, 0.3) is 17.2 Å². The smallest absolute Gasteiger partial charge is 0.175 e. The number of methoxy groups -OCH3 is 1. The fourth-order valence-corrected chi connectivity index (χ4v) is 4.04. The predicted octanol–water partition coefficient (Wildman–Crippen LogP) is 4.86. The molecule has 2 aromatic rings. The summed E-state index contributed by atoms with van der Waals surface area (Å²) >= 11 is 3.54. The highest BCUT2D eigenvalue weighted by atomic mass is 79.9. The van der Waals surface area contributed by atoms with Crippen molar-refractivity contribution in [3.63, 3.8) is 0 Å². The molecule has 6 nitrogen and oxygen atoms in total. The number of pyridine rings is 1. The molecule has 0 fully saturated rings. The highest BCUT2D eigenvalue weighted by Crippen LogP contribution is 2.45. The molecule has 1 aromatic heterocycles. The van der Waals surface area contributed by atoms with Gasteiger partial charge in [-0.25, -0.2) is 4.98 Å². The number of rotatable bonds is 4. The average Bonchev–Trinajstić information content (AvgIpc) is 2.94. The van der Waals surface area contributed by atoms with Gasteiger partial charge in [0.25, 0.3) is 0 Å². The van der Waals surface area contributed by atoms with E-state index in [1.165, 1.54) is 0 Å². The van der Waals surface area contributed by atoms with Crippen LogP contribution in [0.1, 0.15) is 41.8 Å². The molecule has 0 bridgehead atoms. The van der Waals surface area contributed by atoms with E-state index in [0.29, 0.717) is 40.5 Å². The van der Waals surface area contributed by atoms with E-state index in [0.717, 1.165) is 26.7 Å². The first-order valence-corrected chi connectivity index (χ1v) is 9.71. The summed E-state index contributed by atoms with van der Waals surface area (Å²) in [6.07, 6.45) is 1.95. The first-order chi connectivity index (χ1) is 13.9. The molecule has 0 saturated heterocycles. The van der Waals surface area contributed by atoms with Crippen LogP contribution in [0.4, 0.5) is 5.82 Å². The molecule has 3 rings (SSSR count). The van der Waals surface area contributed by atoms with Gasteiger partial charge in [0.1, 0.15) is 18.0 Å². The van der Waals surface area contributed by atoms with E-state index < -0.39 is 0 Å². The van der Waals surface area contributed by atoms with Crippen LogP contribution in [-0.2, 0) is 0 Å². The van der Waals surface area contributed by atoms with Crippen molar-refractivity contribution in [3.05, 3.63) is 50.1 Å². The Hall–Kier alpha value is -3.29. The zero-order valence-electron chi connectivity index (χ0n) is 16.6. The van der Waals surface area contributed by atoms with Crippen LogP contribution in [0.5, 0.6) is 11.5 Å². The van der Waals surface area contributed by atoms with Crippen molar-refractivity contribution in [2.75, 3.05) is 19.5 Å². The number of aromatic nitrogens is 1. The summed E-state index contributed by atoms with van der Waals surface area (Å²) < 4.78 is 11.9. The van der Waals surface area contributed by atoms with E-state index in [2.05, 4.69) is 33.1 Å². The normalized spacial score (nSPS) is 13.8. The van der Waals surface area contributed by atoms with Crippen molar-refractivity contribution in [1.29, 1.82) is 10.5 Å². The van der Waals surface area contributed by atoms with E-state index >= 15 is 0 Å². The largest absolute Gasteiger partial charge is 0.493 e. The van der Waals surface area contributed by atoms with Crippen molar-refractivity contribution in [2.24, 2.45) is 0 Å². The summed E-state index contributed by atoms with van der Waals surface area (Å²) in [7, 11) is 1.58. The quantitative estimate of drug-likeness (QED) is 0.712. The van der Waals surface area contributed by atoms with E-state index in [-0.39, 0.29) is 5.82 Å². The molecular formula is C22H19BrN4O2. The molecule has 0 radical (unpaired) electrons. The highest BCUT2D eigenvalue weighted by molar-refractivity contribution is 9.10. The van der Waals surface area contributed by atoms with Crippen LogP contribution < -0.4 is 15.2 Å². The number of ether oxygens (including phenoxy) is 2. The van der Waals surface area contributed by atoms with Gasteiger partial charge in [-0.3, -0.25) is 0 Å². The van der Waals surface area contributed by atoms with E-state index in [9.17, 15) is 10.5 Å². The SMILES string of the molecule is CCOc1c(Br)cc(C=C2C(C)=C(C#N)c3nc(N)c(C#N)c(C)c32)cc1OC. The van der Waals surface area contributed by atoms with Gasteiger partial charge in [-0.1, -0.05) is 0 Å². The lowest BCUT2D eigenvalue weighted by Crippen LogP contribution is -2.03. The number of nitrogens with zero attached hydrogens (tertiary/aromatic N) is 3. The molecule has 1 aliphatic rings. The van der Waals surface area contributed by atoms with E-state index in [1.54, 1.807) is 7.11 Å². The number of hydrogen-bond acceptors (Lipinski definition) is 6. The lowest BCUT2D eigenvalue weighted by atomic mass is 9.95. The Balaban J connectivity index is 2.27. The molecule has 1 aliphatic carbocycles. The number of anilines is 1. The Labute approximate surface area is 178 Å². The zero-order chi connectivity index (χ0) is 21.3. The Morgan fingerprint density at radius 2 is 1.97 bits per heavy atom. The molecule has 146 valence electrons. The van der Waals surface area contributed by atoms with Crippen molar-refractivity contribution in [3.8, 4) is 23.6 Å². The van der Waals surface area contributed by atoms with Gasteiger partial charge >= 0.3 is 0 Å². The van der Waals surface area contributed by atoms with Gasteiger partial charge < -0.3 is 15.2 Å². The van der Waals surface area contributed by atoms with Crippen molar-refractivity contribution < 1.29 is 9.47 Å². The second-order valence-electron chi connectivity index (χ2n) is 6.47. The van der Waals surface area contributed by atoms with Gasteiger partial charge in [0.15, 0.2) is 11.5 Å². The number of nitrogens with two attached hydrogens (primary N) is 1. The number of allylic oxidation sites excluding steroid dienone is 3. The maximum Gasteiger partial charge on any atom is 0.175 e. The number of hydrogen-bond donors (Lipinski definition) is 1. The molecule has 0 spiro atoms. The second-order valence-corrected chi connectivity index (χ2v) is 7.32. The Bertz CT molecular complexity index is 1170. The number of fused-ring (bicyclic) bond motifs is 1. The van der Waals surface area contributed by atoms with Crippen molar-refractivity contribution >= 4 is 39.0 Å². The fraction of sp³-hybridized carbons (Fsp3) is 0.227. The van der Waals surface area contributed by atoms with Crippen LogP contribution in [-0.4, -0.2) is 18.7 Å². The van der Waals surface area contributed by atoms with Crippen LogP contribution in [0.3, 0.4) is 0 Å². The van der Waals surface area contributed by atoms with Gasteiger partial charge in [0.2, 0.25) is 0 Å². The lowest BCUT2D eigenvalue weighted by Gasteiger charge is -2.14. The van der Waals surface area contributed by atoms with Gasteiger partial charge in [-0.05, 0) is 77.2 Å². The summed E-state index contributed by atoms with van der Waals surface area (Å²) in [5.41, 5.74) is 11.2. The molecule has 0 aliphatic heterocycles. The van der Waals surface area contributed by atoms with Crippen molar-refractivity contribution in [2.45, 2.75) is 20.8 Å². The monoisotopic (exact) mass is 450 g/mol. The lowest BCUT2D eigenvalue weighted by molar-refractivity contribution is 0.309. The summed E-state index contributed by atoms with van der Waals surface area (Å²) in [4.78, 5) is 4.35. The zero-order valence-corrected chi connectivity index (χ0v) is 18.1. The molecule has 1 heterocycles. The average molecular weight is 451 g/mol. The molecule has 7 heteroatoms. The fourth-order valence-electron chi connectivity index (χ4n) is 3.47. The molecule has 0 saturated carbocycles. The standard InChI is InChI=1S/C22H19BrN4O2/c1-5-29-21-17(23)7-13(8-18(21)28-4)6-14-11(2)15(9-24)20-19(14)12(3)16(10-25)22(26)27-20/h6-8H,5H2,1-4H3,(H2,26,27). The molecular weight excluding hydrogens is 432 g/mol. The molecule has 2 N–H and O–H groups in total. The van der Waals surface area contributed by atoms with Crippen LogP contribution in [0.2, 0.25) is 0 Å². The highest BCUT2D eigenvalue weighted by Gasteiger charge is 2.29. The molecule has 0 unspecified atom stereocenters. The number of halogens is 1. The minimum Gasteiger partial charge on any atom is -0.493 e.